The van der Waals surface area contributed by atoms with Gasteiger partial charge in [0.2, 0.25) is 0 Å². The number of benzene rings is 1. The Balaban J connectivity index is 1.59. The van der Waals surface area contributed by atoms with E-state index < -0.39 is 17.8 Å². The normalized spacial score (nSPS) is 13.3. The predicted octanol–water partition coefficient (Wildman–Crippen LogP) is 5.17. The fourth-order valence-corrected chi connectivity index (χ4v) is 3.17. The van der Waals surface area contributed by atoms with Gasteiger partial charge in [0.1, 0.15) is 17.6 Å². The van der Waals surface area contributed by atoms with Gasteiger partial charge in [-0.2, -0.15) is 18.4 Å². The van der Waals surface area contributed by atoms with Gasteiger partial charge in [-0.05, 0) is 61.2 Å². The maximum Gasteiger partial charge on any atom is 0.433 e. The summed E-state index contributed by atoms with van der Waals surface area (Å²) in [5.74, 6) is -0.147. The molecule has 0 radical (unpaired) electrons. The molecule has 0 saturated heterocycles. The Labute approximate surface area is 182 Å². The molecule has 4 rings (SSSR count). The molecule has 0 atom stereocenters. The molecule has 1 aliphatic carbocycles. The molecule has 9 heteroatoms. The lowest BCUT2D eigenvalue weighted by Gasteiger charge is -2.13. The van der Waals surface area contributed by atoms with Crippen molar-refractivity contribution >= 4 is 17.4 Å². The standard InChI is InChI=1S/C23H18F3N5O/c1-13-2-3-18(31-22(32)14-6-7-28-20(9-14)23(24,25)26)10-19(13)16-8-15(11-27)21(29-12-16)30-17-4-5-17/h2-3,6-10,12,17H,4-5H2,1H3,(H,29,30)(H,31,32). The Morgan fingerprint density at radius 3 is 2.62 bits per heavy atom. The molecule has 1 aliphatic rings. The number of hydrogen-bond acceptors (Lipinski definition) is 5. The number of carbonyl (C=O) groups excluding carboxylic acids is 1. The van der Waals surface area contributed by atoms with Crippen molar-refractivity contribution in [2.75, 3.05) is 10.6 Å². The van der Waals surface area contributed by atoms with Crippen LogP contribution in [0.25, 0.3) is 11.1 Å². The number of carbonyl (C=O) groups is 1. The molecule has 2 N–H and O–H groups in total. The van der Waals surface area contributed by atoms with Gasteiger partial charge in [0.25, 0.3) is 5.91 Å². The molecule has 2 heterocycles. The summed E-state index contributed by atoms with van der Waals surface area (Å²) in [5, 5.41) is 15.3. The molecule has 0 unspecified atom stereocenters. The van der Waals surface area contributed by atoms with Gasteiger partial charge in [-0.3, -0.25) is 9.78 Å². The minimum Gasteiger partial charge on any atom is -0.366 e. The first-order valence-electron chi connectivity index (χ1n) is 9.87. The number of alkyl halides is 3. The van der Waals surface area contributed by atoms with Crippen molar-refractivity contribution < 1.29 is 18.0 Å². The van der Waals surface area contributed by atoms with Crippen molar-refractivity contribution in [3.05, 3.63) is 71.2 Å². The molecule has 3 aromatic rings. The summed E-state index contributed by atoms with van der Waals surface area (Å²) in [5.41, 5.74) is 1.86. The quantitative estimate of drug-likeness (QED) is 0.575. The van der Waals surface area contributed by atoms with Crippen LogP contribution in [0.3, 0.4) is 0 Å². The fraction of sp³-hybridized carbons (Fsp3) is 0.217. The van der Waals surface area contributed by atoms with Crippen LogP contribution < -0.4 is 10.6 Å². The average molecular weight is 437 g/mol. The van der Waals surface area contributed by atoms with Crippen LogP contribution in [0.15, 0.2) is 48.8 Å². The number of aryl methyl sites for hydroxylation is 1. The highest BCUT2D eigenvalue weighted by atomic mass is 19.4. The highest BCUT2D eigenvalue weighted by Crippen LogP contribution is 2.31. The second-order valence-electron chi connectivity index (χ2n) is 7.56. The van der Waals surface area contributed by atoms with Crippen LogP contribution in [0.4, 0.5) is 24.7 Å². The van der Waals surface area contributed by atoms with Crippen LogP contribution in [0.2, 0.25) is 0 Å². The van der Waals surface area contributed by atoms with E-state index >= 15 is 0 Å². The van der Waals surface area contributed by atoms with Gasteiger partial charge in [-0.25, -0.2) is 4.98 Å². The zero-order valence-corrected chi connectivity index (χ0v) is 17.0. The van der Waals surface area contributed by atoms with E-state index in [-0.39, 0.29) is 5.56 Å². The van der Waals surface area contributed by atoms with Crippen molar-refractivity contribution in [1.82, 2.24) is 9.97 Å². The molecule has 0 bridgehead atoms. The maximum absolute atomic E-state index is 12.9. The van der Waals surface area contributed by atoms with Crippen LogP contribution in [0.5, 0.6) is 0 Å². The Bertz CT molecular complexity index is 1230. The number of nitrogens with zero attached hydrogens (tertiary/aromatic N) is 3. The molecule has 1 saturated carbocycles. The lowest BCUT2D eigenvalue weighted by molar-refractivity contribution is -0.141. The lowest BCUT2D eigenvalue weighted by Crippen LogP contribution is -2.15. The minimum atomic E-state index is -4.64. The van der Waals surface area contributed by atoms with Crippen molar-refractivity contribution in [2.24, 2.45) is 0 Å². The number of nitrogens with one attached hydrogen (secondary N) is 2. The molecule has 0 spiro atoms. The van der Waals surface area contributed by atoms with Crippen molar-refractivity contribution in [1.29, 1.82) is 5.26 Å². The lowest BCUT2D eigenvalue weighted by atomic mass is 10.00. The van der Waals surface area contributed by atoms with Gasteiger partial charge in [0, 0.05) is 35.2 Å². The van der Waals surface area contributed by atoms with Crippen LogP contribution in [0, 0.1) is 18.3 Å². The number of aromatic nitrogens is 2. The second kappa shape index (κ2) is 8.30. The average Bonchev–Trinajstić information content (AvgIpc) is 3.59. The summed E-state index contributed by atoms with van der Waals surface area (Å²) in [4.78, 5) is 20.2. The fourth-order valence-electron chi connectivity index (χ4n) is 3.17. The van der Waals surface area contributed by atoms with E-state index in [0.717, 1.165) is 30.2 Å². The Kier molecular flexibility index (Phi) is 5.53. The van der Waals surface area contributed by atoms with Gasteiger partial charge < -0.3 is 10.6 Å². The largest absolute Gasteiger partial charge is 0.433 e. The van der Waals surface area contributed by atoms with E-state index in [1.165, 1.54) is 6.07 Å². The smallest absolute Gasteiger partial charge is 0.366 e. The first-order chi connectivity index (χ1) is 15.2. The van der Waals surface area contributed by atoms with Crippen LogP contribution >= 0.6 is 0 Å². The molecule has 162 valence electrons. The number of anilines is 2. The molecule has 0 aliphatic heterocycles. The van der Waals surface area contributed by atoms with Crippen molar-refractivity contribution in [3.8, 4) is 17.2 Å². The van der Waals surface area contributed by atoms with Gasteiger partial charge in [0.05, 0.1) is 5.56 Å². The number of halogens is 3. The number of rotatable bonds is 5. The molecular formula is C23H18F3N5O. The van der Waals surface area contributed by atoms with Crippen LogP contribution in [-0.2, 0) is 6.18 Å². The summed E-state index contributed by atoms with van der Waals surface area (Å²) in [6.45, 7) is 1.88. The van der Waals surface area contributed by atoms with E-state index in [0.29, 0.717) is 34.7 Å². The van der Waals surface area contributed by atoms with Gasteiger partial charge in [-0.15, -0.1) is 0 Å². The zero-order chi connectivity index (χ0) is 22.9. The van der Waals surface area contributed by atoms with Crippen LogP contribution in [0.1, 0.15) is 40.0 Å². The molecule has 32 heavy (non-hydrogen) atoms. The Hall–Kier alpha value is -3.93. The Morgan fingerprint density at radius 1 is 1.16 bits per heavy atom. The Morgan fingerprint density at radius 2 is 1.94 bits per heavy atom. The first kappa shape index (κ1) is 21.3. The monoisotopic (exact) mass is 437 g/mol. The molecule has 1 amide bonds. The number of pyridine rings is 2. The summed E-state index contributed by atoms with van der Waals surface area (Å²) in [6.07, 6.45) is 0.0655. The third-order valence-electron chi connectivity index (χ3n) is 5.05. The van der Waals surface area contributed by atoms with Crippen molar-refractivity contribution in [2.45, 2.75) is 32.0 Å². The van der Waals surface area contributed by atoms with E-state index in [1.807, 2.05) is 6.92 Å². The molecular weight excluding hydrogens is 419 g/mol. The SMILES string of the molecule is Cc1ccc(NC(=O)c2ccnc(C(F)(F)F)c2)cc1-c1cnc(NC2CC2)c(C#N)c1. The summed E-state index contributed by atoms with van der Waals surface area (Å²) < 4.78 is 38.6. The van der Waals surface area contributed by atoms with Crippen molar-refractivity contribution in [3.63, 3.8) is 0 Å². The summed E-state index contributed by atoms with van der Waals surface area (Å²) in [7, 11) is 0. The topological polar surface area (TPSA) is 90.7 Å². The van der Waals surface area contributed by atoms with Crippen LogP contribution in [-0.4, -0.2) is 21.9 Å². The summed E-state index contributed by atoms with van der Waals surface area (Å²) in [6, 6.07) is 11.3. The maximum atomic E-state index is 12.9. The summed E-state index contributed by atoms with van der Waals surface area (Å²) >= 11 is 0. The van der Waals surface area contributed by atoms with Gasteiger partial charge >= 0.3 is 6.18 Å². The highest BCUT2D eigenvalue weighted by Gasteiger charge is 2.33. The molecule has 1 aromatic carbocycles. The predicted molar refractivity (Wildman–Crippen MR) is 113 cm³/mol. The highest BCUT2D eigenvalue weighted by molar-refractivity contribution is 6.04. The third kappa shape index (κ3) is 4.70. The van der Waals surface area contributed by atoms with E-state index in [4.69, 9.17) is 0 Å². The first-order valence-corrected chi connectivity index (χ1v) is 9.87. The number of nitriles is 1. The minimum absolute atomic E-state index is 0.154. The number of amides is 1. The van der Waals surface area contributed by atoms with Gasteiger partial charge in [0.15, 0.2) is 0 Å². The number of hydrogen-bond donors (Lipinski definition) is 2. The molecule has 6 nitrogen and oxygen atoms in total. The molecule has 2 aromatic heterocycles. The molecule has 1 fully saturated rings. The third-order valence-corrected chi connectivity index (χ3v) is 5.05. The second-order valence-corrected chi connectivity index (χ2v) is 7.56. The van der Waals surface area contributed by atoms with E-state index in [1.54, 1.807) is 30.5 Å². The van der Waals surface area contributed by atoms with Gasteiger partial charge in [-0.1, -0.05) is 6.07 Å². The van der Waals surface area contributed by atoms with E-state index in [9.17, 15) is 23.2 Å². The zero-order valence-electron chi connectivity index (χ0n) is 17.0. The van der Waals surface area contributed by atoms with E-state index in [2.05, 4.69) is 26.7 Å².